The summed E-state index contributed by atoms with van der Waals surface area (Å²) in [5.41, 5.74) is 2.12. The highest BCUT2D eigenvalue weighted by Gasteiger charge is 2.20. The Labute approximate surface area is 211 Å². The number of nitrogens with zero attached hydrogens (tertiary/aromatic N) is 1. The quantitative estimate of drug-likeness (QED) is 0.254. The first-order valence-corrected chi connectivity index (χ1v) is 12.3. The van der Waals surface area contributed by atoms with Gasteiger partial charge in [-0.25, -0.2) is 0 Å². The first-order chi connectivity index (χ1) is 15.2. The molecule has 6 nitrogen and oxygen atoms in total. The summed E-state index contributed by atoms with van der Waals surface area (Å²) in [5.74, 6) is 3.37. The second kappa shape index (κ2) is 14.4. The van der Waals surface area contributed by atoms with Gasteiger partial charge in [-0.05, 0) is 37.3 Å². The van der Waals surface area contributed by atoms with E-state index < -0.39 is 10.8 Å². The topological polar surface area (TPSA) is 72.0 Å². The van der Waals surface area contributed by atoms with E-state index in [0.717, 1.165) is 35.5 Å². The van der Waals surface area contributed by atoms with Gasteiger partial charge in [-0.1, -0.05) is 42.5 Å². The maximum Gasteiger partial charge on any atom is 0.191 e. The number of methoxy groups -OCH3 is 1. The number of aliphatic imine (C=N–C) groups is 1. The molecule has 1 aliphatic rings. The smallest absolute Gasteiger partial charge is 0.191 e. The van der Waals surface area contributed by atoms with E-state index >= 15 is 0 Å². The van der Waals surface area contributed by atoms with E-state index in [-0.39, 0.29) is 30.1 Å². The second-order valence-corrected chi connectivity index (χ2v) is 9.18. The van der Waals surface area contributed by atoms with E-state index in [2.05, 4.69) is 15.6 Å². The fraction of sp³-hybridized carbons (Fsp3) is 0.458. The van der Waals surface area contributed by atoms with Gasteiger partial charge in [-0.2, -0.15) is 0 Å². The summed E-state index contributed by atoms with van der Waals surface area (Å²) in [7, 11) is 2.48. The SMILES string of the molecule is CN=C(NCCS(=O)Cc1ccccc1)NCc1cccc(OC)c1OC1CCCC1.I. The molecular formula is C24H34IN3O3S. The predicted octanol–water partition coefficient (Wildman–Crippen LogP) is 4.25. The van der Waals surface area contributed by atoms with Crippen LogP contribution in [-0.2, 0) is 23.1 Å². The molecule has 0 saturated heterocycles. The molecule has 1 atom stereocenters. The maximum atomic E-state index is 12.3. The summed E-state index contributed by atoms with van der Waals surface area (Å²) in [6.45, 7) is 1.15. The van der Waals surface area contributed by atoms with Crippen molar-refractivity contribution in [1.29, 1.82) is 0 Å². The molecule has 176 valence electrons. The molecule has 2 N–H and O–H groups in total. The van der Waals surface area contributed by atoms with Gasteiger partial charge < -0.3 is 20.1 Å². The molecule has 0 radical (unpaired) electrons. The summed E-state index contributed by atoms with van der Waals surface area (Å²) in [4.78, 5) is 4.28. The van der Waals surface area contributed by atoms with E-state index in [0.29, 0.717) is 30.6 Å². The van der Waals surface area contributed by atoms with Crippen LogP contribution in [0.1, 0.15) is 36.8 Å². The largest absolute Gasteiger partial charge is 0.493 e. The van der Waals surface area contributed by atoms with Gasteiger partial charge in [0.1, 0.15) is 0 Å². The summed E-state index contributed by atoms with van der Waals surface area (Å²) in [5, 5.41) is 6.58. The molecule has 0 aromatic heterocycles. The Kier molecular flexibility index (Phi) is 11.9. The van der Waals surface area contributed by atoms with Crippen molar-refractivity contribution in [3.63, 3.8) is 0 Å². The lowest BCUT2D eigenvalue weighted by Gasteiger charge is -2.20. The first kappa shape index (κ1) is 26.4. The van der Waals surface area contributed by atoms with Crippen molar-refractivity contribution in [2.75, 3.05) is 26.5 Å². The molecule has 0 bridgehead atoms. The summed E-state index contributed by atoms with van der Waals surface area (Å²) >= 11 is 0. The summed E-state index contributed by atoms with van der Waals surface area (Å²) < 4.78 is 24.2. The number of nitrogens with one attached hydrogen (secondary N) is 2. The minimum atomic E-state index is -0.922. The van der Waals surface area contributed by atoms with Gasteiger partial charge in [0.05, 0.1) is 13.2 Å². The third-order valence-electron chi connectivity index (χ3n) is 5.33. The molecule has 32 heavy (non-hydrogen) atoms. The van der Waals surface area contributed by atoms with Crippen molar-refractivity contribution in [1.82, 2.24) is 10.6 Å². The zero-order chi connectivity index (χ0) is 21.9. The highest BCUT2D eigenvalue weighted by Crippen LogP contribution is 2.34. The monoisotopic (exact) mass is 571 g/mol. The van der Waals surface area contributed by atoms with Crippen LogP contribution in [0.15, 0.2) is 53.5 Å². The molecule has 0 spiro atoms. The van der Waals surface area contributed by atoms with Gasteiger partial charge in [0.15, 0.2) is 17.5 Å². The van der Waals surface area contributed by atoms with Gasteiger partial charge in [0.25, 0.3) is 0 Å². The van der Waals surface area contributed by atoms with Gasteiger partial charge in [-0.3, -0.25) is 9.20 Å². The van der Waals surface area contributed by atoms with E-state index in [1.54, 1.807) is 14.2 Å². The molecule has 2 aromatic carbocycles. The van der Waals surface area contributed by atoms with E-state index in [4.69, 9.17) is 9.47 Å². The lowest BCUT2D eigenvalue weighted by molar-refractivity contribution is 0.198. The Bertz CT molecular complexity index is 874. The number of benzene rings is 2. The second-order valence-electron chi connectivity index (χ2n) is 7.60. The molecule has 8 heteroatoms. The Morgan fingerprint density at radius 1 is 1.09 bits per heavy atom. The Balaban J connectivity index is 0.00000363. The van der Waals surface area contributed by atoms with Crippen molar-refractivity contribution in [3.8, 4) is 11.5 Å². The normalized spacial score (nSPS) is 15.0. The van der Waals surface area contributed by atoms with Gasteiger partial charge in [0, 0.05) is 48.0 Å². The predicted molar refractivity (Wildman–Crippen MR) is 143 cm³/mol. The van der Waals surface area contributed by atoms with E-state index in [9.17, 15) is 4.21 Å². The zero-order valence-corrected chi connectivity index (χ0v) is 22.0. The molecule has 0 amide bonds. The number of rotatable bonds is 10. The lowest BCUT2D eigenvalue weighted by atomic mass is 10.1. The van der Waals surface area contributed by atoms with Gasteiger partial charge >= 0.3 is 0 Å². The summed E-state index contributed by atoms with van der Waals surface area (Å²) in [6, 6.07) is 15.9. The van der Waals surface area contributed by atoms with Crippen molar-refractivity contribution in [2.24, 2.45) is 4.99 Å². The molecule has 1 fully saturated rings. The lowest BCUT2D eigenvalue weighted by Crippen LogP contribution is -2.38. The van der Waals surface area contributed by atoms with Gasteiger partial charge in [-0.15, -0.1) is 24.0 Å². The molecule has 0 heterocycles. The number of para-hydroxylation sites is 1. The van der Waals surface area contributed by atoms with Crippen LogP contribution in [0.25, 0.3) is 0 Å². The molecule has 1 aliphatic carbocycles. The number of hydrogen-bond donors (Lipinski definition) is 2. The number of ether oxygens (including phenoxy) is 2. The highest BCUT2D eigenvalue weighted by molar-refractivity contribution is 14.0. The van der Waals surface area contributed by atoms with Crippen LogP contribution < -0.4 is 20.1 Å². The van der Waals surface area contributed by atoms with Crippen molar-refractivity contribution in [3.05, 3.63) is 59.7 Å². The van der Waals surface area contributed by atoms with E-state index in [1.807, 2.05) is 48.5 Å². The van der Waals surface area contributed by atoms with Crippen LogP contribution in [0.2, 0.25) is 0 Å². The Hall–Kier alpha value is -1.81. The highest BCUT2D eigenvalue weighted by atomic mass is 127. The Morgan fingerprint density at radius 2 is 1.84 bits per heavy atom. The Morgan fingerprint density at radius 3 is 2.53 bits per heavy atom. The van der Waals surface area contributed by atoms with Crippen LogP contribution >= 0.6 is 24.0 Å². The standard InChI is InChI=1S/C24H33N3O3S.HI/c1-25-24(26-15-16-31(28)18-19-9-4-3-5-10-19)27-17-20-11-8-14-22(29-2)23(20)30-21-12-6-7-13-21;/h3-5,8-11,14,21H,6-7,12-13,15-18H2,1-2H3,(H2,25,26,27);1H. The zero-order valence-electron chi connectivity index (χ0n) is 18.8. The molecule has 3 rings (SSSR count). The van der Waals surface area contributed by atoms with Crippen molar-refractivity contribution < 1.29 is 13.7 Å². The van der Waals surface area contributed by atoms with Gasteiger partial charge in [0.2, 0.25) is 0 Å². The van der Waals surface area contributed by atoms with Crippen LogP contribution in [-0.4, -0.2) is 42.7 Å². The van der Waals surface area contributed by atoms with Crippen molar-refractivity contribution in [2.45, 2.75) is 44.1 Å². The third kappa shape index (κ3) is 8.27. The minimum Gasteiger partial charge on any atom is -0.493 e. The molecule has 1 saturated carbocycles. The van der Waals surface area contributed by atoms with E-state index in [1.165, 1.54) is 12.8 Å². The summed E-state index contributed by atoms with van der Waals surface area (Å²) in [6.07, 6.45) is 4.88. The van der Waals surface area contributed by atoms with Crippen LogP contribution in [0.4, 0.5) is 0 Å². The average molecular weight is 572 g/mol. The molecular weight excluding hydrogens is 537 g/mol. The number of halogens is 1. The van der Waals surface area contributed by atoms with Crippen molar-refractivity contribution >= 4 is 40.7 Å². The third-order valence-corrected chi connectivity index (χ3v) is 6.64. The van der Waals surface area contributed by atoms with Crippen LogP contribution in [0, 0.1) is 0 Å². The average Bonchev–Trinajstić information content (AvgIpc) is 3.30. The maximum absolute atomic E-state index is 12.3. The van der Waals surface area contributed by atoms with Crippen LogP contribution in [0.3, 0.4) is 0 Å². The van der Waals surface area contributed by atoms with Crippen LogP contribution in [0.5, 0.6) is 11.5 Å². The fourth-order valence-electron chi connectivity index (χ4n) is 3.68. The first-order valence-electron chi connectivity index (χ1n) is 10.9. The number of guanidine groups is 1. The number of hydrogen-bond acceptors (Lipinski definition) is 4. The fourth-order valence-corrected chi connectivity index (χ4v) is 4.72. The minimum absolute atomic E-state index is 0. The molecule has 1 unspecified atom stereocenters. The molecule has 0 aliphatic heterocycles. The molecule has 2 aromatic rings.